The van der Waals surface area contributed by atoms with Crippen LogP contribution in [0.5, 0.6) is 5.88 Å². The van der Waals surface area contributed by atoms with Crippen LogP contribution in [0, 0.1) is 19.7 Å². The molecule has 2 atom stereocenters. The number of nitrogens with two attached hydrogens (primary N) is 1. The number of aliphatic carboxylic acids is 1. The quantitative estimate of drug-likeness (QED) is 0.298. The highest BCUT2D eigenvalue weighted by Crippen LogP contribution is 2.42. The monoisotopic (exact) mass is 530 g/mol. The van der Waals surface area contributed by atoms with Crippen molar-refractivity contribution in [3.63, 3.8) is 0 Å². The normalized spacial score (nSPS) is 13.2. The highest BCUT2D eigenvalue weighted by atomic mass is 19.4. The molecule has 12 heteroatoms. The minimum atomic E-state index is -4.89. The second kappa shape index (κ2) is 10.6. The summed E-state index contributed by atoms with van der Waals surface area (Å²) in [5.41, 5.74) is 7.16. The first kappa shape index (κ1) is 26.7. The summed E-state index contributed by atoms with van der Waals surface area (Å²) in [6, 6.07) is 9.64. The first-order chi connectivity index (χ1) is 17.9. The molecule has 8 nitrogen and oxygen atoms in total. The average Bonchev–Trinajstić information content (AvgIpc) is 3.20. The van der Waals surface area contributed by atoms with E-state index in [-0.39, 0.29) is 40.4 Å². The molecule has 0 fully saturated rings. The van der Waals surface area contributed by atoms with Gasteiger partial charge >= 0.3 is 12.1 Å². The van der Waals surface area contributed by atoms with Gasteiger partial charge in [-0.15, -0.1) is 0 Å². The van der Waals surface area contributed by atoms with E-state index in [1.807, 2.05) is 0 Å². The smallest absolute Gasteiger partial charge is 0.429 e. The zero-order valence-corrected chi connectivity index (χ0v) is 20.2. The molecule has 38 heavy (non-hydrogen) atoms. The number of carboxylic acids is 1. The Hall–Kier alpha value is -4.32. The van der Waals surface area contributed by atoms with E-state index < -0.39 is 30.1 Å². The molecular formula is C26H22F4N4O4. The predicted molar refractivity (Wildman–Crippen MR) is 128 cm³/mol. The van der Waals surface area contributed by atoms with Gasteiger partial charge in [-0.2, -0.15) is 13.2 Å². The number of alkyl halides is 3. The molecule has 2 heterocycles. The Morgan fingerprint density at radius 2 is 1.82 bits per heavy atom. The lowest BCUT2D eigenvalue weighted by molar-refractivity contribution is -0.198. The maximum Gasteiger partial charge on any atom is 0.429 e. The van der Waals surface area contributed by atoms with Crippen LogP contribution in [0.15, 0.2) is 59.4 Å². The fraction of sp³-hybridized carbons (Fsp3) is 0.231. The summed E-state index contributed by atoms with van der Waals surface area (Å²) in [4.78, 5) is 18.9. The number of rotatable bonds is 8. The van der Waals surface area contributed by atoms with Crippen molar-refractivity contribution in [2.24, 2.45) is 5.73 Å². The first-order valence-corrected chi connectivity index (χ1v) is 11.3. The number of nitrogens with zero attached hydrogens (tertiary/aromatic N) is 3. The van der Waals surface area contributed by atoms with Gasteiger partial charge in [0.15, 0.2) is 0 Å². The van der Waals surface area contributed by atoms with Crippen molar-refractivity contribution in [3.05, 3.63) is 83.3 Å². The summed E-state index contributed by atoms with van der Waals surface area (Å²) in [5.74, 6) is -2.00. The second-order valence-electron chi connectivity index (χ2n) is 8.56. The van der Waals surface area contributed by atoms with E-state index in [0.717, 1.165) is 24.5 Å². The molecule has 0 aliphatic heterocycles. The third-order valence-electron chi connectivity index (χ3n) is 5.80. The molecule has 2 aromatic carbocycles. The van der Waals surface area contributed by atoms with E-state index in [1.54, 1.807) is 31.2 Å². The molecule has 4 rings (SSSR count). The number of halogens is 4. The topological polar surface area (TPSA) is 124 Å². The molecule has 0 amide bonds. The van der Waals surface area contributed by atoms with Crippen LogP contribution in [0.25, 0.3) is 22.4 Å². The number of ether oxygens (including phenoxy) is 1. The van der Waals surface area contributed by atoms with Crippen molar-refractivity contribution in [2.45, 2.75) is 38.6 Å². The van der Waals surface area contributed by atoms with Crippen LogP contribution < -0.4 is 10.5 Å². The summed E-state index contributed by atoms with van der Waals surface area (Å²) in [5, 5.41) is 12.7. The fourth-order valence-electron chi connectivity index (χ4n) is 3.98. The average molecular weight is 530 g/mol. The van der Waals surface area contributed by atoms with Crippen LogP contribution in [0.2, 0.25) is 0 Å². The van der Waals surface area contributed by atoms with Crippen LogP contribution in [-0.2, 0) is 11.2 Å². The molecule has 0 saturated carbocycles. The first-order valence-electron chi connectivity index (χ1n) is 11.3. The van der Waals surface area contributed by atoms with Crippen LogP contribution in [0.1, 0.15) is 28.7 Å². The molecule has 0 aliphatic carbocycles. The Balaban J connectivity index is 1.67. The van der Waals surface area contributed by atoms with Gasteiger partial charge in [-0.25, -0.2) is 14.4 Å². The van der Waals surface area contributed by atoms with Crippen molar-refractivity contribution in [3.8, 4) is 28.3 Å². The number of carboxylic acid groups (broad SMARTS) is 1. The molecule has 0 radical (unpaired) electrons. The Bertz CT molecular complexity index is 1440. The van der Waals surface area contributed by atoms with Gasteiger partial charge in [0.1, 0.15) is 23.9 Å². The number of benzene rings is 2. The summed E-state index contributed by atoms with van der Waals surface area (Å²) in [6.07, 6.45) is -6.21. The van der Waals surface area contributed by atoms with Gasteiger partial charge in [0.25, 0.3) is 0 Å². The predicted octanol–water partition coefficient (Wildman–Crippen LogP) is 5.19. The van der Waals surface area contributed by atoms with Gasteiger partial charge in [0.2, 0.25) is 12.0 Å². The van der Waals surface area contributed by atoms with Crippen molar-refractivity contribution < 1.29 is 36.7 Å². The largest absolute Gasteiger partial charge is 0.480 e. The van der Waals surface area contributed by atoms with Gasteiger partial charge in [0, 0.05) is 22.8 Å². The summed E-state index contributed by atoms with van der Waals surface area (Å²) < 4.78 is 67.4. The number of aromatic nitrogens is 3. The fourth-order valence-corrected chi connectivity index (χ4v) is 3.98. The van der Waals surface area contributed by atoms with Crippen molar-refractivity contribution in [1.82, 2.24) is 15.1 Å². The maximum absolute atomic E-state index is 14.3. The number of hydrogen-bond acceptors (Lipinski definition) is 7. The molecule has 2 aromatic heterocycles. The molecule has 0 aliphatic rings. The van der Waals surface area contributed by atoms with E-state index in [9.17, 15) is 22.4 Å². The maximum atomic E-state index is 14.3. The van der Waals surface area contributed by atoms with Gasteiger partial charge < -0.3 is 20.1 Å². The number of aryl methyl sites for hydroxylation is 2. The van der Waals surface area contributed by atoms with Gasteiger partial charge in [-0.1, -0.05) is 35.5 Å². The van der Waals surface area contributed by atoms with Crippen LogP contribution >= 0.6 is 0 Å². The van der Waals surface area contributed by atoms with E-state index in [1.165, 1.54) is 13.0 Å². The zero-order valence-electron chi connectivity index (χ0n) is 20.2. The van der Waals surface area contributed by atoms with Crippen molar-refractivity contribution in [1.29, 1.82) is 0 Å². The molecule has 4 aromatic rings. The van der Waals surface area contributed by atoms with E-state index in [2.05, 4.69) is 15.1 Å². The van der Waals surface area contributed by atoms with E-state index >= 15 is 0 Å². The van der Waals surface area contributed by atoms with Crippen molar-refractivity contribution >= 4 is 5.97 Å². The van der Waals surface area contributed by atoms with Gasteiger partial charge in [-0.3, -0.25) is 4.79 Å². The summed E-state index contributed by atoms with van der Waals surface area (Å²) in [7, 11) is 0. The SMILES string of the molecule is Cc1noc(C)c1-c1cc(F)ccc1C(Oc1cc(-c2ccc(CC(N)C(=O)O)cc2)ncn1)C(F)(F)F. The van der Waals surface area contributed by atoms with Gasteiger partial charge in [0.05, 0.1) is 11.4 Å². The molecule has 198 valence electrons. The highest BCUT2D eigenvalue weighted by Gasteiger charge is 2.45. The zero-order chi connectivity index (χ0) is 27.6. The van der Waals surface area contributed by atoms with Gasteiger partial charge in [-0.05, 0) is 43.5 Å². The molecular weight excluding hydrogens is 508 g/mol. The number of hydrogen-bond donors (Lipinski definition) is 2. The van der Waals surface area contributed by atoms with Crippen LogP contribution in [0.4, 0.5) is 17.6 Å². The molecule has 0 saturated heterocycles. The summed E-state index contributed by atoms with van der Waals surface area (Å²) >= 11 is 0. The lowest BCUT2D eigenvalue weighted by Crippen LogP contribution is -2.32. The van der Waals surface area contributed by atoms with Crippen LogP contribution in [-0.4, -0.2) is 38.4 Å². The molecule has 3 N–H and O–H groups in total. The lowest BCUT2D eigenvalue weighted by Gasteiger charge is -2.24. The summed E-state index contributed by atoms with van der Waals surface area (Å²) in [6.45, 7) is 3.06. The van der Waals surface area contributed by atoms with E-state index in [0.29, 0.717) is 16.8 Å². The Kier molecular flexibility index (Phi) is 7.44. The lowest BCUT2D eigenvalue weighted by atomic mass is 9.94. The Morgan fingerprint density at radius 3 is 2.42 bits per heavy atom. The second-order valence-corrected chi connectivity index (χ2v) is 8.56. The highest BCUT2D eigenvalue weighted by molar-refractivity contribution is 5.74. The molecule has 0 bridgehead atoms. The third-order valence-corrected chi connectivity index (χ3v) is 5.80. The molecule has 2 unspecified atom stereocenters. The van der Waals surface area contributed by atoms with E-state index in [4.69, 9.17) is 20.1 Å². The minimum Gasteiger partial charge on any atom is -0.480 e. The standard InChI is InChI=1S/C26H22F4N4O4/c1-13-23(14(2)38-34-13)19-10-17(27)7-8-18(19)24(26(28,29)30)37-22-11-21(32-12-33-22)16-5-3-15(4-6-16)9-20(31)25(35)36/h3-8,10-12,20,24H,9,31H2,1-2H3,(H,35,36). The minimum absolute atomic E-state index is 0.0620. The molecule has 0 spiro atoms. The van der Waals surface area contributed by atoms with Crippen molar-refractivity contribution in [2.75, 3.05) is 0 Å². The third kappa shape index (κ3) is 5.80. The Morgan fingerprint density at radius 1 is 1.11 bits per heavy atom. The van der Waals surface area contributed by atoms with Crippen LogP contribution in [0.3, 0.4) is 0 Å². The number of carbonyl (C=O) groups is 1. The Labute approximate surface area is 214 Å².